The quantitative estimate of drug-likeness (QED) is 0.798. The summed E-state index contributed by atoms with van der Waals surface area (Å²) in [5, 5.41) is 7.67. The molecule has 1 saturated heterocycles. The first-order valence-corrected chi connectivity index (χ1v) is 7.65. The van der Waals surface area contributed by atoms with E-state index < -0.39 is 0 Å². The molecule has 1 unspecified atom stereocenters. The zero-order valence-electron chi connectivity index (χ0n) is 13.3. The number of ketones is 1. The highest BCUT2D eigenvalue weighted by Crippen LogP contribution is 2.22. The Morgan fingerprint density at radius 1 is 1.48 bits per heavy atom. The van der Waals surface area contributed by atoms with E-state index in [0.717, 1.165) is 32.4 Å². The van der Waals surface area contributed by atoms with Crippen LogP contribution in [0, 0.1) is 0 Å². The first-order valence-electron chi connectivity index (χ1n) is 7.65. The van der Waals surface area contributed by atoms with Crippen molar-refractivity contribution >= 4 is 5.78 Å². The van der Waals surface area contributed by atoms with E-state index >= 15 is 0 Å². The van der Waals surface area contributed by atoms with E-state index in [1.54, 1.807) is 18.0 Å². The van der Waals surface area contributed by atoms with Crippen LogP contribution in [0.4, 0.5) is 0 Å². The van der Waals surface area contributed by atoms with E-state index in [1.807, 2.05) is 14.1 Å². The smallest absolute Gasteiger partial charge is 0.201 e. The van der Waals surface area contributed by atoms with Crippen molar-refractivity contribution in [3.63, 3.8) is 0 Å². The minimum atomic E-state index is -0.115. The number of nitrogens with zero attached hydrogens (tertiary/aromatic N) is 3. The van der Waals surface area contributed by atoms with E-state index in [4.69, 9.17) is 4.74 Å². The zero-order valence-corrected chi connectivity index (χ0v) is 13.3. The van der Waals surface area contributed by atoms with Gasteiger partial charge in [0.05, 0.1) is 25.9 Å². The van der Waals surface area contributed by atoms with Gasteiger partial charge in [0, 0.05) is 6.54 Å². The van der Waals surface area contributed by atoms with Gasteiger partial charge in [0.25, 0.3) is 0 Å². The van der Waals surface area contributed by atoms with Crippen molar-refractivity contribution in [1.82, 2.24) is 20.0 Å². The van der Waals surface area contributed by atoms with Gasteiger partial charge < -0.3 is 15.0 Å². The largest absolute Gasteiger partial charge is 0.493 e. The third kappa shape index (κ3) is 4.04. The van der Waals surface area contributed by atoms with E-state index in [0.29, 0.717) is 18.0 Å². The van der Waals surface area contributed by atoms with Gasteiger partial charge in [-0.2, -0.15) is 5.10 Å². The van der Waals surface area contributed by atoms with Gasteiger partial charge >= 0.3 is 0 Å². The Morgan fingerprint density at radius 2 is 2.29 bits per heavy atom. The lowest BCUT2D eigenvalue weighted by molar-refractivity contribution is 0.0925. The lowest BCUT2D eigenvalue weighted by atomic mass is 10.0. The first-order chi connectivity index (χ1) is 10.1. The maximum absolute atomic E-state index is 12.8. The molecule has 1 aliphatic heterocycles. The van der Waals surface area contributed by atoms with Crippen molar-refractivity contribution in [1.29, 1.82) is 0 Å². The molecule has 0 radical (unpaired) electrons. The average molecular weight is 294 g/mol. The van der Waals surface area contributed by atoms with Crippen LogP contribution in [0.5, 0.6) is 5.75 Å². The summed E-state index contributed by atoms with van der Waals surface area (Å²) in [7, 11) is 5.61. The number of aromatic nitrogens is 2. The van der Waals surface area contributed by atoms with Crippen LogP contribution < -0.4 is 10.1 Å². The maximum atomic E-state index is 12.8. The summed E-state index contributed by atoms with van der Waals surface area (Å²) >= 11 is 0. The molecule has 0 bridgehead atoms. The monoisotopic (exact) mass is 294 g/mol. The van der Waals surface area contributed by atoms with Gasteiger partial charge in [0.1, 0.15) is 5.69 Å². The summed E-state index contributed by atoms with van der Waals surface area (Å²) in [5.74, 6) is 0.676. The van der Waals surface area contributed by atoms with Crippen LogP contribution in [-0.2, 0) is 6.54 Å². The van der Waals surface area contributed by atoms with Crippen molar-refractivity contribution < 1.29 is 9.53 Å². The lowest BCUT2D eigenvalue weighted by Crippen LogP contribution is -2.37. The van der Waals surface area contributed by atoms with Gasteiger partial charge in [-0.3, -0.25) is 9.48 Å². The summed E-state index contributed by atoms with van der Waals surface area (Å²) in [6.45, 7) is 2.43. The normalized spacial score (nSPS) is 19.5. The van der Waals surface area contributed by atoms with Crippen LogP contribution in [0.3, 0.4) is 0 Å². The topological polar surface area (TPSA) is 59.4 Å². The molecule has 6 nitrogen and oxygen atoms in total. The highest BCUT2D eigenvalue weighted by molar-refractivity contribution is 6.01. The number of likely N-dealkylation sites (N-methyl/N-ethyl adjacent to an activating group) is 1. The minimum absolute atomic E-state index is 0.102. The fraction of sp³-hybridized carbons (Fsp3) is 0.733. The molecule has 2 rings (SSSR count). The molecule has 0 aliphatic carbocycles. The fourth-order valence-electron chi connectivity index (χ4n) is 2.65. The van der Waals surface area contributed by atoms with Crippen molar-refractivity contribution in [3.8, 4) is 5.75 Å². The highest BCUT2D eigenvalue weighted by atomic mass is 16.5. The Bertz CT molecular complexity index is 462. The Labute approximate surface area is 126 Å². The molecule has 6 heteroatoms. The summed E-state index contributed by atoms with van der Waals surface area (Å²) in [4.78, 5) is 14.9. The summed E-state index contributed by atoms with van der Waals surface area (Å²) in [6, 6.07) is -0.115. The van der Waals surface area contributed by atoms with Crippen LogP contribution in [0.25, 0.3) is 0 Å². The Morgan fingerprint density at radius 3 is 3.00 bits per heavy atom. The van der Waals surface area contributed by atoms with Gasteiger partial charge in [-0.15, -0.1) is 0 Å². The van der Waals surface area contributed by atoms with Gasteiger partial charge in [0.15, 0.2) is 5.75 Å². The molecule has 2 heterocycles. The van der Waals surface area contributed by atoms with Crippen LogP contribution >= 0.6 is 0 Å². The lowest BCUT2D eigenvalue weighted by Gasteiger charge is -2.17. The Hall–Kier alpha value is -1.40. The number of hydrogen-bond donors (Lipinski definition) is 1. The summed E-state index contributed by atoms with van der Waals surface area (Å²) < 4.78 is 7.10. The molecule has 1 aliphatic rings. The van der Waals surface area contributed by atoms with Gasteiger partial charge in [0.2, 0.25) is 5.78 Å². The van der Waals surface area contributed by atoms with E-state index in [-0.39, 0.29) is 11.8 Å². The Balaban J connectivity index is 2.18. The molecule has 0 amide bonds. The second kappa shape index (κ2) is 7.56. The molecule has 118 valence electrons. The third-order valence-corrected chi connectivity index (χ3v) is 3.90. The molecular formula is C15H26N4O2. The molecule has 0 saturated carbocycles. The maximum Gasteiger partial charge on any atom is 0.201 e. The molecular weight excluding hydrogens is 268 g/mol. The second-order valence-corrected chi connectivity index (χ2v) is 5.81. The van der Waals surface area contributed by atoms with E-state index in [9.17, 15) is 4.79 Å². The minimum Gasteiger partial charge on any atom is -0.493 e. The fourth-order valence-corrected chi connectivity index (χ4v) is 2.65. The standard InChI is InChI=1S/C15H26N4O2/c1-18(2)9-10-19-14(13(21-3)11-17-19)15(20)12-7-5-4-6-8-16-12/h11-12,16H,4-10H2,1-3H3. The summed E-state index contributed by atoms with van der Waals surface area (Å²) in [6.07, 6.45) is 5.95. The second-order valence-electron chi connectivity index (χ2n) is 5.81. The molecule has 1 fully saturated rings. The predicted molar refractivity (Wildman–Crippen MR) is 81.9 cm³/mol. The van der Waals surface area contributed by atoms with Crippen LogP contribution in [0.15, 0.2) is 6.20 Å². The molecule has 1 aromatic rings. The summed E-state index contributed by atoms with van der Waals surface area (Å²) in [5.41, 5.74) is 0.596. The zero-order chi connectivity index (χ0) is 15.2. The molecule has 1 atom stereocenters. The predicted octanol–water partition coefficient (Wildman–Crippen LogP) is 1.17. The van der Waals surface area contributed by atoms with Crippen molar-refractivity contribution in [2.24, 2.45) is 0 Å². The number of carbonyl (C=O) groups is 1. The van der Waals surface area contributed by atoms with Gasteiger partial charge in [-0.1, -0.05) is 12.8 Å². The van der Waals surface area contributed by atoms with Crippen molar-refractivity contribution in [3.05, 3.63) is 11.9 Å². The number of methoxy groups -OCH3 is 1. The molecule has 0 spiro atoms. The number of Topliss-reactive ketones (excluding diaryl/α,β-unsaturated/α-hetero) is 1. The van der Waals surface area contributed by atoms with Crippen LogP contribution in [0.2, 0.25) is 0 Å². The SMILES string of the molecule is COc1cnn(CCN(C)C)c1C(=O)C1CCCCCN1. The average Bonchev–Trinajstić information content (AvgIpc) is 2.68. The number of nitrogens with one attached hydrogen (secondary N) is 1. The van der Waals surface area contributed by atoms with Crippen LogP contribution in [-0.4, -0.2) is 60.8 Å². The van der Waals surface area contributed by atoms with Gasteiger partial charge in [-0.05, 0) is 33.5 Å². The molecule has 21 heavy (non-hydrogen) atoms. The molecule has 0 aromatic carbocycles. The molecule has 1 aromatic heterocycles. The van der Waals surface area contributed by atoms with Crippen LogP contribution in [0.1, 0.15) is 36.2 Å². The Kier molecular flexibility index (Phi) is 5.76. The third-order valence-electron chi connectivity index (χ3n) is 3.90. The van der Waals surface area contributed by atoms with Crippen molar-refractivity contribution in [2.45, 2.75) is 38.3 Å². The number of rotatable bonds is 6. The first kappa shape index (κ1) is 16.0. The number of ether oxygens (including phenoxy) is 1. The van der Waals surface area contributed by atoms with E-state index in [2.05, 4.69) is 15.3 Å². The van der Waals surface area contributed by atoms with Gasteiger partial charge in [-0.25, -0.2) is 0 Å². The molecule has 1 N–H and O–H groups in total. The highest BCUT2D eigenvalue weighted by Gasteiger charge is 2.27. The number of carbonyl (C=O) groups excluding carboxylic acids is 1. The van der Waals surface area contributed by atoms with Crippen molar-refractivity contribution in [2.75, 3.05) is 34.3 Å². The number of hydrogen-bond acceptors (Lipinski definition) is 5. The van der Waals surface area contributed by atoms with E-state index in [1.165, 1.54) is 6.42 Å².